The number of aryl methyl sites for hydroxylation is 1. The first-order valence-electron chi connectivity index (χ1n) is 7.55. The van der Waals surface area contributed by atoms with Crippen molar-refractivity contribution in [1.29, 1.82) is 0 Å². The molecule has 1 aliphatic rings. The molecule has 2 heterocycles. The zero-order valence-electron chi connectivity index (χ0n) is 13.5. The van der Waals surface area contributed by atoms with Crippen LogP contribution in [-0.4, -0.2) is 39.7 Å². The van der Waals surface area contributed by atoms with Gasteiger partial charge in [0.2, 0.25) is 0 Å². The maximum atomic E-state index is 13.6. The number of nitrogens with two attached hydrogens (primary N) is 1. The number of carbonyl (C=O) groups excluding carboxylic acids is 1. The molecule has 1 fully saturated rings. The molecule has 0 unspecified atom stereocenters. The average Bonchev–Trinajstić information content (AvgIpc) is 3.13. The van der Waals surface area contributed by atoms with Gasteiger partial charge in [0, 0.05) is 19.1 Å². The van der Waals surface area contributed by atoms with E-state index in [1.54, 1.807) is 25.1 Å². The van der Waals surface area contributed by atoms with E-state index >= 15 is 0 Å². The van der Waals surface area contributed by atoms with E-state index in [0.29, 0.717) is 24.2 Å². The number of para-hydroxylation sites is 1. The summed E-state index contributed by atoms with van der Waals surface area (Å²) in [7, 11) is 0. The number of carbonyl (C=O) groups is 1. The lowest BCUT2D eigenvalue weighted by molar-refractivity contribution is -0.143. The predicted molar refractivity (Wildman–Crippen MR) is 89.0 cm³/mol. The molecule has 136 valence electrons. The van der Waals surface area contributed by atoms with Gasteiger partial charge in [-0.1, -0.05) is 18.2 Å². The van der Waals surface area contributed by atoms with Crippen LogP contribution in [-0.2, 0) is 6.18 Å². The third kappa shape index (κ3) is 3.64. The number of halogens is 4. The Kier molecular flexibility index (Phi) is 5.43. The second kappa shape index (κ2) is 7.05. The summed E-state index contributed by atoms with van der Waals surface area (Å²) in [6.07, 6.45) is -3.13. The van der Waals surface area contributed by atoms with Crippen molar-refractivity contribution in [2.75, 3.05) is 13.1 Å². The number of hydrogen-bond acceptors (Lipinski definition) is 3. The molecule has 9 heteroatoms. The summed E-state index contributed by atoms with van der Waals surface area (Å²) in [4.78, 5) is 13.9. The second-order valence-corrected chi connectivity index (χ2v) is 5.90. The molecule has 1 aromatic carbocycles. The van der Waals surface area contributed by atoms with Crippen molar-refractivity contribution >= 4 is 18.3 Å². The summed E-state index contributed by atoms with van der Waals surface area (Å²) in [6, 6.07) is 6.39. The lowest BCUT2D eigenvalue weighted by Crippen LogP contribution is -2.33. The molecule has 1 aliphatic heterocycles. The van der Waals surface area contributed by atoms with Gasteiger partial charge in [0.1, 0.15) is 0 Å². The minimum atomic E-state index is -4.70. The van der Waals surface area contributed by atoms with Crippen molar-refractivity contribution in [3.63, 3.8) is 0 Å². The Bertz CT molecular complexity index is 775. The van der Waals surface area contributed by atoms with Crippen molar-refractivity contribution in [3.8, 4) is 5.69 Å². The fourth-order valence-electron chi connectivity index (χ4n) is 2.90. The zero-order chi connectivity index (χ0) is 17.5. The van der Waals surface area contributed by atoms with Crippen LogP contribution >= 0.6 is 12.4 Å². The number of aromatic nitrogens is 2. The number of benzene rings is 1. The topological polar surface area (TPSA) is 64.2 Å². The summed E-state index contributed by atoms with van der Waals surface area (Å²) >= 11 is 0. The molecule has 0 spiro atoms. The Morgan fingerprint density at radius 3 is 2.56 bits per heavy atom. The van der Waals surface area contributed by atoms with Crippen LogP contribution in [0.25, 0.3) is 5.69 Å². The van der Waals surface area contributed by atoms with Gasteiger partial charge < -0.3 is 10.6 Å². The smallest absolute Gasteiger partial charge is 0.337 e. The maximum absolute atomic E-state index is 13.6. The quantitative estimate of drug-likeness (QED) is 0.879. The Labute approximate surface area is 149 Å². The number of rotatable bonds is 2. The summed E-state index contributed by atoms with van der Waals surface area (Å²) in [5, 5.41) is 3.84. The molecule has 5 nitrogen and oxygen atoms in total. The van der Waals surface area contributed by atoms with Gasteiger partial charge in [-0.2, -0.15) is 18.3 Å². The molecular weight excluding hydrogens is 357 g/mol. The lowest BCUT2D eigenvalue weighted by Gasteiger charge is -2.18. The zero-order valence-corrected chi connectivity index (χ0v) is 14.3. The Morgan fingerprint density at radius 1 is 1.32 bits per heavy atom. The van der Waals surface area contributed by atoms with Gasteiger partial charge in [-0.3, -0.25) is 4.79 Å². The SMILES string of the molecule is Cc1ccccc1-n1ncc(C(=O)N2CC[C@@H](N)C2)c1C(F)(F)F.Cl. The molecule has 1 aromatic heterocycles. The molecule has 25 heavy (non-hydrogen) atoms. The predicted octanol–water partition coefficient (Wildman–Crippen LogP) is 2.79. The minimum Gasteiger partial charge on any atom is -0.337 e. The van der Waals surface area contributed by atoms with E-state index in [-0.39, 0.29) is 25.0 Å². The monoisotopic (exact) mass is 374 g/mol. The molecule has 1 saturated heterocycles. The normalized spacial score (nSPS) is 17.5. The van der Waals surface area contributed by atoms with Crippen LogP contribution in [0.5, 0.6) is 0 Å². The molecule has 2 aromatic rings. The van der Waals surface area contributed by atoms with Crippen LogP contribution in [0.2, 0.25) is 0 Å². The van der Waals surface area contributed by atoms with Crippen molar-refractivity contribution in [2.24, 2.45) is 5.73 Å². The first kappa shape index (κ1) is 19.3. The maximum Gasteiger partial charge on any atom is 0.434 e. The Hall–Kier alpha value is -2.06. The highest BCUT2D eigenvalue weighted by molar-refractivity contribution is 5.95. The fourth-order valence-corrected chi connectivity index (χ4v) is 2.90. The van der Waals surface area contributed by atoms with E-state index in [4.69, 9.17) is 5.73 Å². The molecule has 1 amide bonds. The van der Waals surface area contributed by atoms with Crippen LogP contribution < -0.4 is 5.73 Å². The molecule has 0 bridgehead atoms. The van der Waals surface area contributed by atoms with Crippen LogP contribution in [0.4, 0.5) is 13.2 Å². The van der Waals surface area contributed by atoms with E-state index in [0.717, 1.165) is 10.9 Å². The van der Waals surface area contributed by atoms with Crippen LogP contribution in [0, 0.1) is 6.92 Å². The third-order valence-electron chi connectivity index (χ3n) is 4.12. The standard InChI is InChI=1S/C16H17F3N4O.ClH/c1-10-4-2-3-5-13(10)23-14(16(17,18)19)12(8-21-23)15(24)22-7-6-11(20)9-22;/h2-5,8,11H,6-7,9,20H2,1H3;1H/t11-;/m1./s1. The molecule has 1 atom stereocenters. The van der Waals surface area contributed by atoms with Crippen molar-refractivity contribution in [2.45, 2.75) is 25.6 Å². The summed E-state index contributed by atoms with van der Waals surface area (Å²) in [5.41, 5.74) is 5.17. The number of hydrogen-bond donors (Lipinski definition) is 1. The fraction of sp³-hybridized carbons (Fsp3) is 0.375. The Morgan fingerprint density at radius 2 is 2.00 bits per heavy atom. The van der Waals surface area contributed by atoms with Gasteiger partial charge in [0.25, 0.3) is 5.91 Å². The van der Waals surface area contributed by atoms with E-state index in [2.05, 4.69) is 5.10 Å². The number of nitrogens with zero attached hydrogens (tertiary/aromatic N) is 3. The van der Waals surface area contributed by atoms with Gasteiger partial charge in [0.05, 0.1) is 17.4 Å². The van der Waals surface area contributed by atoms with Crippen molar-refractivity contribution in [1.82, 2.24) is 14.7 Å². The van der Waals surface area contributed by atoms with Crippen molar-refractivity contribution in [3.05, 3.63) is 47.3 Å². The van der Waals surface area contributed by atoms with E-state index in [1.165, 1.54) is 11.0 Å². The number of likely N-dealkylation sites (tertiary alicyclic amines) is 1. The highest BCUT2D eigenvalue weighted by Crippen LogP contribution is 2.35. The number of alkyl halides is 3. The van der Waals surface area contributed by atoms with E-state index in [1.807, 2.05) is 0 Å². The highest BCUT2D eigenvalue weighted by Gasteiger charge is 2.42. The third-order valence-corrected chi connectivity index (χ3v) is 4.12. The van der Waals surface area contributed by atoms with E-state index < -0.39 is 23.3 Å². The largest absolute Gasteiger partial charge is 0.434 e. The average molecular weight is 375 g/mol. The van der Waals surface area contributed by atoms with Crippen LogP contribution in [0.1, 0.15) is 28.0 Å². The van der Waals surface area contributed by atoms with Gasteiger partial charge in [-0.05, 0) is 25.0 Å². The number of amides is 1. The Balaban J connectivity index is 0.00000225. The van der Waals surface area contributed by atoms with Crippen LogP contribution in [0.3, 0.4) is 0 Å². The van der Waals surface area contributed by atoms with Gasteiger partial charge in [-0.25, -0.2) is 4.68 Å². The summed E-state index contributed by atoms with van der Waals surface area (Å²) in [5.74, 6) is -0.685. The molecule has 2 N–H and O–H groups in total. The van der Waals surface area contributed by atoms with E-state index in [9.17, 15) is 18.0 Å². The van der Waals surface area contributed by atoms with Gasteiger partial charge >= 0.3 is 6.18 Å². The molecule has 3 rings (SSSR count). The molecule has 0 saturated carbocycles. The molecular formula is C16H18ClF3N4O. The highest BCUT2D eigenvalue weighted by atomic mass is 35.5. The first-order valence-corrected chi connectivity index (χ1v) is 7.55. The van der Waals surface area contributed by atoms with Crippen molar-refractivity contribution < 1.29 is 18.0 Å². The molecule has 0 aliphatic carbocycles. The summed E-state index contributed by atoms with van der Waals surface area (Å²) < 4.78 is 41.7. The lowest BCUT2D eigenvalue weighted by atomic mass is 10.1. The van der Waals surface area contributed by atoms with Gasteiger partial charge in [-0.15, -0.1) is 12.4 Å². The summed E-state index contributed by atoms with van der Waals surface area (Å²) in [6.45, 7) is 2.30. The first-order chi connectivity index (χ1) is 11.3. The minimum absolute atomic E-state index is 0. The second-order valence-electron chi connectivity index (χ2n) is 5.90. The van der Waals surface area contributed by atoms with Crippen LogP contribution in [0.15, 0.2) is 30.5 Å². The molecule has 0 radical (unpaired) electrons. The van der Waals surface area contributed by atoms with Gasteiger partial charge in [0.15, 0.2) is 5.69 Å².